The van der Waals surface area contributed by atoms with Gasteiger partial charge in [0.05, 0.1) is 11.0 Å². The maximum absolute atomic E-state index is 12.3. The molecule has 1 aromatic heterocycles. The average Bonchev–Trinajstić information content (AvgIpc) is 2.48. The molecule has 0 saturated carbocycles. The Balaban J connectivity index is 2.69. The molecule has 0 fully saturated rings. The second kappa shape index (κ2) is 2.73. The van der Waals surface area contributed by atoms with Crippen molar-refractivity contribution in [1.29, 1.82) is 0 Å². The van der Waals surface area contributed by atoms with Crippen molar-refractivity contribution < 1.29 is 13.2 Å². The van der Waals surface area contributed by atoms with Crippen LogP contribution in [0.25, 0.3) is 11.0 Å². The van der Waals surface area contributed by atoms with E-state index in [1.165, 1.54) is 0 Å². The van der Waals surface area contributed by atoms with Crippen molar-refractivity contribution in [2.45, 2.75) is 13.1 Å². The van der Waals surface area contributed by atoms with Gasteiger partial charge in [-0.15, -0.1) is 0 Å². The monoisotopic (exact) mass is 200 g/mol. The minimum atomic E-state index is -4.41. The quantitative estimate of drug-likeness (QED) is 0.695. The first kappa shape index (κ1) is 9.05. The molecule has 0 radical (unpaired) electrons. The highest BCUT2D eigenvalue weighted by Crippen LogP contribution is 2.29. The minimum Gasteiger partial charge on any atom is -0.334 e. The molecule has 0 unspecified atom stereocenters. The summed E-state index contributed by atoms with van der Waals surface area (Å²) in [6.07, 6.45) is -4.41. The molecule has 0 spiro atoms. The Morgan fingerprint density at radius 2 is 2.00 bits per heavy atom. The van der Waals surface area contributed by atoms with E-state index in [0.29, 0.717) is 11.0 Å². The predicted molar refractivity (Wildman–Crippen MR) is 45.8 cm³/mol. The molecular formula is C9H7F3N2. The van der Waals surface area contributed by atoms with Crippen LogP contribution >= 0.6 is 0 Å². The molecule has 0 aliphatic carbocycles. The Hall–Kier alpha value is -1.52. The van der Waals surface area contributed by atoms with Gasteiger partial charge in [-0.05, 0) is 18.6 Å². The maximum atomic E-state index is 12.3. The molecule has 1 heterocycles. The molecule has 0 aliphatic heterocycles. The van der Waals surface area contributed by atoms with Crippen LogP contribution in [0.4, 0.5) is 13.2 Å². The van der Waals surface area contributed by atoms with Gasteiger partial charge in [-0.2, -0.15) is 13.2 Å². The highest BCUT2D eigenvalue weighted by atomic mass is 19.4. The lowest BCUT2D eigenvalue weighted by Gasteiger charge is -1.98. The van der Waals surface area contributed by atoms with Crippen LogP contribution in [0.5, 0.6) is 0 Å². The Bertz CT molecular complexity index is 470. The van der Waals surface area contributed by atoms with E-state index in [4.69, 9.17) is 0 Å². The molecular weight excluding hydrogens is 193 g/mol. The first-order chi connectivity index (χ1) is 6.48. The lowest BCUT2D eigenvalue weighted by Crippen LogP contribution is -2.06. The summed E-state index contributed by atoms with van der Waals surface area (Å²) < 4.78 is 36.8. The highest BCUT2D eigenvalue weighted by molar-refractivity contribution is 5.78. The minimum absolute atomic E-state index is 0.375. The molecule has 1 N–H and O–H groups in total. The number of alkyl halides is 3. The van der Waals surface area contributed by atoms with Crippen LogP contribution in [0, 0.1) is 6.92 Å². The number of aryl methyl sites for hydroxylation is 1. The van der Waals surface area contributed by atoms with Crippen LogP contribution in [0.1, 0.15) is 11.4 Å². The van der Waals surface area contributed by atoms with Crippen molar-refractivity contribution in [2.75, 3.05) is 0 Å². The molecule has 5 heteroatoms. The summed E-state index contributed by atoms with van der Waals surface area (Å²) in [6, 6.07) is 4.99. The van der Waals surface area contributed by atoms with E-state index in [9.17, 15) is 13.2 Å². The van der Waals surface area contributed by atoms with Crippen LogP contribution < -0.4 is 0 Å². The Labute approximate surface area is 77.8 Å². The van der Waals surface area contributed by atoms with Crippen molar-refractivity contribution in [3.05, 3.63) is 29.6 Å². The molecule has 74 valence electrons. The van der Waals surface area contributed by atoms with Crippen molar-refractivity contribution in [3.63, 3.8) is 0 Å². The van der Waals surface area contributed by atoms with Gasteiger partial charge in [-0.3, -0.25) is 0 Å². The molecule has 0 aliphatic rings. The zero-order valence-electron chi connectivity index (χ0n) is 7.31. The SMILES string of the molecule is Cc1cccc2[nH]c(C(F)(F)F)nc12. The van der Waals surface area contributed by atoms with E-state index >= 15 is 0 Å². The van der Waals surface area contributed by atoms with Gasteiger partial charge in [0.1, 0.15) is 0 Å². The van der Waals surface area contributed by atoms with Crippen molar-refractivity contribution in [1.82, 2.24) is 9.97 Å². The predicted octanol–water partition coefficient (Wildman–Crippen LogP) is 2.89. The molecule has 0 bridgehead atoms. The van der Waals surface area contributed by atoms with Gasteiger partial charge >= 0.3 is 6.18 Å². The summed E-state index contributed by atoms with van der Waals surface area (Å²) in [7, 11) is 0. The number of fused-ring (bicyclic) bond motifs is 1. The van der Waals surface area contributed by atoms with Crippen molar-refractivity contribution in [2.24, 2.45) is 0 Å². The molecule has 0 atom stereocenters. The van der Waals surface area contributed by atoms with Crippen LogP contribution in [0.15, 0.2) is 18.2 Å². The fourth-order valence-corrected chi connectivity index (χ4v) is 1.31. The number of halogens is 3. The smallest absolute Gasteiger partial charge is 0.334 e. The number of benzene rings is 1. The second-order valence-electron chi connectivity index (χ2n) is 3.05. The van der Waals surface area contributed by atoms with E-state index in [1.54, 1.807) is 25.1 Å². The van der Waals surface area contributed by atoms with E-state index in [2.05, 4.69) is 9.97 Å². The summed E-state index contributed by atoms with van der Waals surface area (Å²) in [5, 5.41) is 0. The molecule has 0 saturated heterocycles. The summed E-state index contributed by atoms with van der Waals surface area (Å²) in [5.41, 5.74) is 1.52. The largest absolute Gasteiger partial charge is 0.449 e. The number of imidazole rings is 1. The summed E-state index contributed by atoms with van der Waals surface area (Å²) in [4.78, 5) is 5.74. The van der Waals surface area contributed by atoms with Gasteiger partial charge in [-0.1, -0.05) is 12.1 Å². The lowest BCUT2D eigenvalue weighted by atomic mass is 10.2. The standard InChI is InChI=1S/C9H7F3N2/c1-5-3-2-4-6-7(5)14-8(13-6)9(10,11)12/h2-4H,1H3,(H,13,14). The number of hydrogen-bond acceptors (Lipinski definition) is 1. The zero-order chi connectivity index (χ0) is 10.3. The van der Waals surface area contributed by atoms with Gasteiger partial charge in [0, 0.05) is 0 Å². The average molecular weight is 200 g/mol. The number of aromatic nitrogens is 2. The third-order valence-electron chi connectivity index (χ3n) is 1.98. The van der Waals surface area contributed by atoms with Crippen molar-refractivity contribution in [3.8, 4) is 0 Å². The van der Waals surface area contributed by atoms with E-state index in [0.717, 1.165) is 5.56 Å². The Morgan fingerprint density at radius 3 is 2.57 bits per heavy atom. The van der Waals surface area contributed by atoms with Gasteiger partial charge in [0.2, 0.25) is 5.82 Å². The second-order valence-corrected chi connectivity index (χ2v) is 3.05. The van der Waals surface area contributed by atoms with Gasteiger partial charge < -0.3 is 4.98 Å². The van der Waals surface area contributed by atoms with Gasteiger partial charge in [-0.25, -0.2) is 4.98 Å². The number of rotatable bonds is 0. The normalized spacial score (nSPS) is 12.3. The first-order valence-electron chi connectivity index (χ1n) is 4.01. The number of nitrogens with one attached hydrogen (secondary N) is 1. The molecule has 2 aromatic rings. The first-order valence-corrected chi connectivity index (χ1v) is 4.01. The van der Waals surface area contributed by atoms with E-state index < -0.39 is 12.0 Å². The van der Waals surface area contributed by atoms with Crippen LogP contribution in [0.2, 0.25) is 0 Å². The Kier molecular flexibility index (Phi) is 1.77. The molecule has 0 amide bonds. The van der Waals surface area contributed by atoms with Gasteiger partial charge in [0.25, 0.3) is 0 Å². The molecule has 14 heavy (non-hydrogen) atoms. The fraction of sp³-hybridized carbons (Fsp3) is 0.222. The summed E-state index contributed by atoms with van der Waals surface area (Å²) >= 11 is 0. The number of aromatic amines is 1. The molecule has 2 rings (SSSR count). The molecule has 2 nitrogen and oxygen atoms in total. The number of H-pyrrole nitrogens is 1. The maximum Gasteiger partial charge on any atom is 0.449 e. The van der Waals surface area contributed by atoms with E-state index in [-0.39, 0.29) is 0 Å². The van der Waals surface area contributed by atoms with Gasteiger partial charge in [0.15, 0.2) is 0 Å². The zero-order valence-corrected chi connectivity index (χ0v) is 7.31. The fourth-order valence-electron chi connectivity index (χ4n) is 1.31. The highest BCUT2D eigenvalue weighted by Gasteiger charge is 2.34. The van der Waals surface area contributed by atoms with Crippen LogP contribution in [-0.2, 0) is 6.18 Å². The third-order valence-corrected chi connectivity index (χ3v) is 1.98. The topological polar surface area (TPSA) is 28.7 Å². The number of para-hydroxylation sites is 1. The summed E-state index contributed by atoms with van der Waals surface area (Å²) in [6.45, 7) is 1.73. The third kappa shape index (κ3) is 1.34. The summed E-state index contributed by atoms with van der Waals surface area (Å²) in [5.74, 6) is -0.943. The van der Waals surface area contributed by atoms with Crippen LogP contribution in [0.3, 0.4) is 0 Å². The molecule has 1 aromatic carbocycles. The number of hydrogen-bond donors (Lipinski definition) is 1. The van der Waals surface area contributed by atoms with Crippen LogP contribution in [-0.4, -0.2) is 9.97 Å². The van der Waals surface area contributed by atoms with E-state index in [1.807, 2.05) is 0 Å². The lowest BCUT2D eigenvalue weighted by molar-refractivity contribution is -0.144. The van der Waals surface area contributed by atoms with Crippen molar-refractivity contribution >= 4 is 11.0 Å². The number of nitrogens with zero attached hydrogens (tertiary/aromatic N) is 1. The Morgan fingerprint density at radius 1 is 1.29 bits per heavy atom.